The van der Waals surface area contributed by atoms with Crippen LogP contribution in [-0.2, 0) is 0 Å². The molecule has 2 rings (SSSR count). The molecule has 102 valence electrons. The molecule has 3 N–H and O–H groups in total. The molecule has 0 fully saturated rings. The summed E-state index contributed by atoms with van der Waals surface area (Å²) in [5.74, 6) is 4.41. The lowest BCUT2D eigenvalue weighted by atomic mass is 10.0. The summed E-state index contributed by atoms with van der Waals surface area (Å²) in [6.45, 7) is 1.52. The van der Waals surface area contributed by atoms with Gasteiger partial charge in [-0.25, -0.2) is 14.2 Å². The number of rotatable bonds is 4. The Hall–Kier alpha value is -1.50. The van der Waals surface area contributed by atoms with Crippen molar-refractivity contribution in [3.63, 3.8) is 0 Å². The predicted octanol–water partition coefficient (Wildman–Crippen LogP) is 2.90. The Morgan fingerprint density at radius 2 is 2.05 bits per heavy atom. The Balaban J connectivity index is 2.45. The summed E-state index contributed by atoms with van der Waals surface area (Å²) < 4.78 is 32.7. The van der Waals surface area contributed by atoms with E-state index in [0.717, 1.165) is 4.88 Å². The molecule has 3 nitrogen and oxygen atoms in total. The van der Waals surface area contributed by atoms with Gasteiger partial charge in [0.2, 0.25) is 0 Å². The maximum absolute atomic E-state index is 14.0. The van der Waals surface area contributed by atoms with Crippen LogP contribution in [-0.4, -0.2) is 7.11 Å². The van der Waals surface area contributed by atoms with Gasteiger partial charge in [0.15, 0.2) is 11.6 Å². The van der Waals surface area contributed by atoms with E-state index >= 15 is 0 Å². The first kappa shape index (κ1) is 13.9. The summed E-state index contributed by atoms with van der Waals surface area (Å²) in [4.78, 5) is 0.751. The first-order chi connectivity index (χ1) is 9.08. The van der Waals surface area contributed by atoms with Gasteiger partial charge in [0, 0.05) is 15.8 Å². The molecule has 1 aromatic carbocycles. The minimum atomic E-state index is -0.879. The number of hydrogen-bond donors (Lipinski definition) is 2. The fourth-order valence-electron chi connectivity index (χ4n) is 1.80. The van der Waals surface area contributed by atoms with Crippen LogP contribution < -0.4 is 16.0 Å². The largest absolute Gasteiger partial charge is 0.496 e. The van der Waals surface area contributed by atoms with Crippen LogP contribution in [0.4, 0.5) is 8.78 Å². The normalized spacial score (nSPS) is 12.5. The topological polar surface area (TPSA) is 47.3 Å². The third-order valence-corrected chi connectivity index (χ3v) is 3.87. The summed E-state index contributed by atoms with van der Waals surface area (Å²) in [6.07, 6.45) is 0. The Morgan fingerprint density at radius 1 is 1.32 bits per heavy atom. The SMILES string of the molecule is COc1csc(C(NN)c2ccc(C)c(F)c2F)c1. The lowest BCUT2D eigenvalue weighted by molar-refractivity contribution is 0.416. The van der Waals surface area contributed by atoms with Gasteiger partial charge in [0.05, 0.1) is 13.2 Å². The van der Waals surface area contributed by atoms with Crippen LogP contribution in [0.25, 0.3) is 0 Å². The van der Waals surface area contributed by atoms with E-state index in [1.807, 2.05) is 0 Å². The molecule has 0 aliphatic rings. The first-order valence-electron chi connectivity index (χ1n) is 5.61. The molecule has 2 aromatic rings. The standard InChI is InChI=1S/C13H14F2N2OS/c1-7-3-4-9(12(15)11(7)14)13(17-16)10-5-8(18-2)6-19-10/h3-6,13,17H,16H2,1-2H3. The second kappa shape index (κ2) is 5.64. The van der Waals surface area contributed by atoms with Gasteiger partial charge in [-0.3, -0.25) is 5.84 Å². The van der Waals surface area contributed by atoms with E-state index in [9.17, 15) is 8.78 Å². The van der Waals surface area contributed by atoms with Crippen molar-refractivity contribution < 1.29 is 13.5 Å². The van der Waals surface area contributed by atoms with E-state index in [2.05, 4.69) is 5.43 Å². The number of benzene rings is 1. The van der Waals surface area contributed by atoms with Gasteiger partial charge in [0.25, 0.3) is 0 Å². The molecule has 0 bridgehead atoms. The van der Waals surface area contributed by atoms with Crippen LogP contribution in [0, 0.1) is 18.6 Å². The van der Waals surface area contributed by atoms with Crippen molar-refractivity contribution >= 4 is 11.3 Å². The second-order valence-corrected chi connectivity index (χ2v) is 5.03. The molecule has 0 saturated carbocycles. The highest BCUT2D eigenvalue weighted by atomic mass is 32.1. The zero-order chi connectivity index (χ0) is 14.0. The molecule has 0 aliphatic carbocycles. The third kappa shape index (κ3) is 2.60. The molecule has 0 radical (unpaired) electrons. The Bertz CT molecular complexity index is 586. The van der Waals surface area contributed by atoms with Crippen LogP contribution in [0.3, 0.4) is 0 Å². The van der Waals surface area contributed by atoms with Crippen LogP contribution in [0.15, 0.2) is 23.6 Å². The van der Waals surface area contributed by atoms with Crippen LogP contribution >= 0.6 is 11.3 Å². The van der Waals surface area contributed by atoms with Gasteiger partial charge >= 0.3 is 0 Å². The van der Waals surface area contributed by atoms with Crippen LogP contribution in [0.1, 0.15) is 22.0 Å². The van der Waals surface area contributed by atoms with Crippen molar-refractivity contribution in [2.24, 2.45) is 5.84 Å². The first-order valence-corrected chi connectivity index (χ1v) is 6.49. The smallest absolute Gasteiger partial charge is 0.164 e. The van der Waals surface area contributed by atoms with Crippen molar-refractivity contribution in [3.05, 3.63) is 51.2 Å². The highest BCUT2D eigenvalue weighted by Crippen LogP contribution is 2.32. The molecule has 1 atom stereocenters. The van der Waals surface area contributed by atoms with Crippen molar-refractivity contribution in [1.82, 2.24) is 5.43 Å². The maximum atomic E-state index is 14.0. The number of thiophene rings is 1. The van der Waals surface area contributed by atoms with Gasteiger partial charge in [-0.05, 0) is 18.6 Å². The fraction of sp³-hybridized carbons (Fsp3) is 0.231. The van der Waals surface area contributed by atoms with E-state index in [1.54, 1.807) is 18.6 Å². The Kier molecular flexibility index (Phi) is 4.14. The predicted molar refractivity (Wildman–Crippen MR) is 71.1 cm³/mol. The zero-order valence-corrected chi connectivity index (χ0v) is 11.4. The fourth-order valence-corrected chi connectivity index (χ4v) is 2.73. The van der Waals surface area contributed by atoms with E-state index < -0.39 is 17.7 Å². The van der Waals surface area contributed by atoms with Crippen molar-refractivity contribution in [3.8, 4) is 5.75 Å². The lowest BCUT2D eigenvalue weighted by Gasteiger charge is -2.16. The number of halogens is 2. The molecule has 0 aliphatic heterocycles. The molecular weight excluding hydrogens is 270 g/mol. The van der Waals surface area contributed by atoms with E-state index in [1.165, 1.54) is 30.4 Å². The Morgan fingerprint density at radius 3 is 2.63 bits per heavy atom. The molecule has 1 aromatic heterocycles. The van der Waals surface area contributed by atoms with Gasteiger partial charge in [-0.15, -0.1) is 11.3 Å². The van der Waals surface area contributed by atoms with Gasteiger partial charge in [0.1, 0.15) is 5.75 Å². The van der Waals surface area contributed by atoms with Gasteiger partial charge in [-0.1, -0.05) is 12.1 Å². The maximum Gasteiger partial charge on any atom is 0.164 e. The summed E-state index contributed by atoms with van der Waals surface area (Å²) in [7, 11) is 1.54. The van der Waals surface area contributed by atoms with Crippen LogP contribution in [0.5, 0.6) is 5.75 Å². The van der Waals surface area contributed by atoms with Crippen molar-refractivity contribution in [2.45, 2.75) is 13.0 Å². The molecule has 0 saturated heterocycles. The molecule has 6 heteroatoms. The highest BCUT2D eigenvalue weighted by molar-refractivity contribution is 7.10. The minimum absolute atomic E-state index is 0.176. The van der Waals surface area contributed by atoms with Crippen molar-refractivity contribution in [2.75, 3.05) is 7.11 Å². The van der Waals surface area contributed by atoms with Crippen LogP contribution in [0.2, 0.25) is 0 Å². The average Bonchev–Trinajstić information content (AvgIpc) is 2.88. The number of methoxy groups -OCH3 is 1. The number of hydrogen-bond acceptors (Lipinski definition) is 4. The number of aryl methyl sites for hydroxylation is 1. The second-order valence-electron chi connectivity index (χ2n) is 4.09. The van der Waals surface area contributed by atoms with E-state index in [-0.39, 0.29) is 11.1 Å². The molecular formula is C13H14F2N2OS. The monoisotopic (exact) mass is 284 g/mol. The van der Waals surface area contributed by atoms with Gasteiger partial charge < -0.3 is 4.74 Å². The molecule has 1 unspecified atom stereocenters. The highest BCUT2D eigenvalue weighted by Gasteiger charge is 2.21. The average molecular weight is 284 g/mol. The number of nitrogens with one attached hydrogen (secondary N) is 1. The molecule has 1 heterocycles. The lowest BCUT2D eigenvalue weighted by Crippen LogP contribution is -2.29. The van der Waals surface area contributed by atoms with Gasteiger partial charge in [-0.2, -0.15) is 0 Å². The minimum Gasteiger partial charge on any atom is -0.496 e. The number of nitrogens with two attached hydrogens (primary N) is 1. The summed E-state index contributed by atoms with van der Waals surface area (Å²) in [6, 6.07) is 4.20. The summed E-state index contributed by atoms with van der Waals surface area (Å²) in [5, 5.41) is 1.78. The summed E-state index contributed by atoms with van der Waals surface area (Å²) >= 11 is 1.36. The van der Waals surface area contributed by atoms with Crippen molar-refractivity contribution in [1.29, 1.82) is 0 Å². The number of ether oxygens (including phenoxy) is 1. The quantitative estimate of drug-likeness (QED) is 0.670. The molecule has 0 amide bonds. The Labute approximate surface area is 114 Å². The number of hydrazine groups is 1. The third-order valence-electron chi connectivity index (χ3n) is 2.90. The molecule has 0 spiro atoms. The van der Waals surface area contributed by atoms with E-state index in [4.69, 9.17) is 10.6 Å². The summed E-state index contributed by atoms with van der Waals surface area (Å²) in [5.41, 5.74) is 2.95. The van der Waals surface area contributed by atoms with E-state index in [0.29, 0.717) is 5.75 Å². The molecule has 19 heavy (non-hydrogen) atoms. The zero-order valence-electron chi connectivity index (χ0n) is 10.5.